The Hall–Kier alpha value is -2.22. The summed E-state index contributed by atoms with van der Waals surface area (Å²) in [5.74, 6) is 1.52. The Morgan fingerprint density at radius 2 is 2.00 bits per heavy atom. The average molecular weight is 442 g/mol. The van der Waals surface area contributed by atoms with E-state index in [-0.39, 0.29) is 5.91 Å². The number of nitrogens with zero attached hydrogens (tertiary/aromatic N) is 3. The van der Waals surface area contributed by atoms with Crippen LogP contribution in [0.4, 0.5) is 0 Å². The second-order valence-electron chi connectivity index (χ2n) is 8.20. The summed E-state index contributed by atoms with van der Waals surface area (Å²) in [5.41, 5.74) is 1.84. The van der Waals surface area contributed by atoms with Crippen LogP contribution in [-0.4, -0.2) is 66.6 Å². The van der Waals surface area contributed by atoms with Crippen molar-refractivity contribution in [1.29, 1.82) is 0 Å². The average Bonchev–Trinajstić information content (AvgIpc) is 3.23. The van der Waals surface area contributed by atoms with E-state index in [0.29, 0.717) is 12.5 Å². The molecule has 1 amide bonds. The number of likely N-dealkylation sites (tertiary alicyclic amines) is 1. The van der Waals surface area contributed by atoms with E-state index < -0.39 is 0 Å². The number of carbonyl (C=O) groups is 1. The SMILES string of the molecule is Cc1nc(COc2ccccc2/C=C/C(=O)N2CCC(CN3CCOCC3)CC2)cs1. The highest BCUT2D eigenvalue weighted by atomic mass is 32.1. The summed E-state index contributed by atoms with van der Waals surface area (Å²) in [7, 11) is 0. The smallest absolute Gasteiger partial charge is 0.246 e. The molecule has 166 valence electrons. The van der Waals surface area contributed by atoms with Crippen molar-refractivity contribution in [3.63, 3.8) is 0 Å². The largest absolute Gasteiger partial charge is 0.487 e. The van der Waals surface area contributed by atoms with Crippen molar-refractivity contribution in [3.05, 3.63) is 52.0 Å². The van der Waals surface area contributed by atoms with Crippen LogP contribution in [0.25, 0.3) is 6.08 Å². The Balaban J connectivity index is 1.27. The fraction of sp³-hybridized carbons (Fsp3) is 0.500. The van der Waals surface area contributed by atoms with Crippen molar-refractivity contribution in [3.8, 4) is 5.75 Å². The first-order valence-electron chi connectivity index (χ1n) is 11.1. The highest BCUT2D eigenvalue weighted by Crippen LogP contribution is 2.23. The van der Waals surface area contributed by atoms with Gasteiger partial charge in [0.05, 0.1) is 23.9 Å². The standard InChI is InChI=1S/C24H31N3O3S/c1-19-25-22(18-31-19)17-30-23-5-3-2-4-21(23)6-7-24(28)27-10-8-20(9-11-27)16-26-12-14-29-15-13-26/h2-7,18,20H,8-17H2,1H3/b7-6+. The van der Waals surface area contributed by atoms with Gasteiger partial charge in [-0.3, -0.25) is 9.69 Å². The number of ether oxygens (including phenoxy) is 2. The van der Waals surface area contributed by atoms with Gasteiger partial charge in [0.2, 0.25) is 5.91 Å². The zero-order valence-electron chi connectivity index (χ0n) is 18.2. The van der Waals surface area contributed by atoms with Gasteiger partial charge in [-0.15, -0.1) is 11.3 Å². The molecule has 0 N–H and O–H groups in total. The summed E-state index contributed by atoms with van der Waals surface area (Å²) in [6.07, 6.45) is 5.69. The molecule has 0 aliphatic carbocycles. The number of aryl methyl sites for hydroxylation is 1. The van der Waals surface area contributed by atoms with E-state index in [1.807, 2.05) is 47.5 Å². The minimum atomic E-state index is 0.0785. The van der Waals surface area contributed by atoms with E-state index in [1.165, 1.54) is 0 Å². The molecule has 31 heavy (non-hydrogen) atoms. The van der Waals surface area contributed by atoms with E-state index in [4.69, 9.17) is 9.47 Å². The number of morpholine rings is 1. The maximum Gasteiger partial charge on any atom is 0.246 e. The van der Waals surface area contributed by atoms with Crippen LogP contribution in [0.2, 0.25) is 0 Å². The van der Waals surface area contributed by atoms with Crippen LogP contribution >= 0.6 is 11.3 Å². The molecule has 6 nitrogen and oxygen atoms in total. The van der Waals surface area contributed by atoms with Gasteiger partial charge >= 0.3 is 0 Å². The van der Waals surface area contributed by atoms with Gasteiger partial charge in [0.1, 0.15) is 12.4 Å². The van der Waals surface area contributed by atoms with Crippen LogP contribution in [-0.2, 0) is 16.1 Å². The summed E-state index contributed by atoms with van der Waals surface area (Å²) in [5, 5.41) is 3.05. The summed E-state index contributed by atoms with van der Waals surface area (Å²) in [6, 6.07) is 7.81. The maximum atomic E-state index is 12.7. The highest BCUT2D eigenvalue weighted by Gasteiger charge is 2.24. The molecule has 2 fully saturated rings. The fourth-order valence-corrected chi connectivity index (χ4v) is 4.72. The van der Waals surface area contributed by atoms with Crippen LogP contribution in [0.3, 0.4) is 0 Å². The second-order valence-corrected chi connectivity index (χ2v) is 9.26. The first-order valence-corrected chi connectivity index (χ1v) is 12.0. The molecule has 2 saturated heterocycles. The molecule has 0 saturated carbocycles. The van der Waals surface area contributed by atoms with Crippen molar-refractivity contribution in [2.75, 3.05) is 45.9 Å². The quantitative estimate of drug-likeness (QED) is 0.615. The number of benzene rings is 1. The van der Waals surface area contributed by atoms with Crippen LogP contribution in [0.5, 0.6) is 5.75 Å². The molecule has 2 aliphatic rings. The second kappa shape index (κ2) is 10.9. The van der Waals surface area contributed by atoms with Crippen LogP contribution in [0, 0.1) is 12.8 Å². The lowest BCUT2D eigenvalue weighted by atomic mass is 9.96. The topological polar surface area (TPSA) is 54.9 Å². The van der Waals surface area contributed by atoms with Gasteiger partial charge in [0, 0.05) is 49.7 Å². The fourth-order valence-electron chi connectivity index (χ4n) is 4.13. The van der Waals surface area contributed by atoms with Crippen molar-refractivity contribution in [2.45, 2.75) is 26.4 Å². The molecule has 7 heteroatoms. The molecular weight excluding hydrogens is 410 g/mol. The Morgan fingerprint density at radius 1 is 1.23 bits per heavy atom. The van der Waals surface area contributed by atoms with E-state index in [2.05, 4.69) is 9.88 Å². The number of amides is 1. The summed E-state index contributed by atoms with van der Waals surface area (Å²) >= 11 is 1.62. The number of thiazole rings is 1. The van der Waals surface area contributed by atoms with E-state index in [0.717, 1.165) is 80.8 Å². The maximum absolute atomic E-state index is 12.7. The van der Waals surface area contributed by atoms with E-state index in [1.54, 1.807) is 17.4 Å². The molecule has 0 bridgehead atoms. The summed E-state index contributed by atoms with van der Waals surface area (Å²) in [6.45, 7) is 8.97. The van der Waals surface area contributed by atoms with Gasteiger partial charge in [0.15, 0.2) is 0 Å². The molecule has 3 heterocycles. The normalized spacial score (nSPS) is 18.5. The number of para-hydroxylation sites is 1. The van der Waals surface area contributed by atoms with Crippen molar-refractivity contribution in [2.24, 2.45) is 5.92 Å². The third-order valence-corrected chi connectivity index (χ3v) is 6.74. The minimum absolute atomic E-state index is 0.0785. The zero-order valence-corrected chi connectivity index (χ0v) is 19.0. The van der Waals surface area contributed by atoms with Gasteiger partial charge in [-0.25, -0.2) is 4.98 Å². The number of carbonyl (C=O) groups excluding carboxylic acids is 1. The third-order valence-electron chi connectivity index (χ3n) is 5.91. The first kappa shape index (κ1) is 22.0. The van der Waals surface area contributed by atoms with Crippen LogP contribution in [0.1, 0.15) is 29.1 Å². The molecule has 2 aliphatic heterocycles. The number of rotatable bonds is 7. The number of aromatic nitrogens is 1. The number of hydrogen-bond acceptors (Lipinski definition) is 6. The molecule has 2 aromatic rings. The van der Waals surface area contributed by atoms with Crippen molar-refractivity contribution in [1.82, 2.24) is 14.8 Å². The third kappa shape index (κ3) is 6.38. The Bertz CT molecular complexity index is 884. The lowest BCUT2D eigenvalue weighted by Gasteiger charge is -2.35. The van der Waals surface area contributed by atoms with Gasteiger partial charge in [-0.1, -0.05) is 18.2 Å². The number of hydrogen-bond donors (Lipinski definition) is 0. The summed E-state index contributed by atoms with van der Waals surface area (Å²) in [4.78, 5) is 21.6. The molecule has 0 radical (unpaired) electrons. The lowest BCUT2D eigenvalue weighted by molar-refractivity contribution is -0.127. The van der Waals surface area contributed by atoms with E-state index >= 15 is 0 Å². The van der Waals surface area contributed by atoms with Crippen molar-refractivity contribution < 1.29 is 14.3 Å². The van der Waals surface area contributed by atoms with E-state index in [9.17, 15) is 4.79 Å². The first-order chi connectivity index (χ1) is 15.2. The predicted octanol–water partition coefficient (Wildman–Crippen LogP) is 3.61. The molecule has 4 rings (SSSR count). The zero-order chi connectivity index (χ0) is 21.5. The van der Waals surface area contributed by atoms with Crippen LogP contribution < -0.4 is 4.74 Å². The minimum Gasteiger partial charge on any atom is -0.487 e. The predicted molar refractivity (Wildman–Crippen MR) is 123 cm³/mol. The molecule has 0 unspecified atom stereocenters. The monoisotopic (exact) mass is 441 g/mol. The molecular formula is C24H31N3O3S. The molecule has 0 atom stereocenters. The molecule has 1 aromatic carbocycles. The van der Waals surface area contributed by atoms with Gasteiger partial charge < -0.3 is 14.4 Å². The summed E-state index contributed by atoms with van der Waals surface area (Å²) < 4.78 is 11.4. The van der Waals surface area contributed by atoms with Gasteiger partial charge in [0.25, 0.3) is 0 Å². The Morgan fingerprint density at radius 3 is 2.74 bits per heavy atom. The number of piperidine rings is 1. The van der Waals surface area contributed by atoms with Gasteiger partial charge in [-0.2, -0.15) is 0 Å². The van der Waals surface area contributed by atoms with Gasteiger partial charge in [-0.05, 0) is 37.8 Å². The van der Waals surface area contributed by atoms with Crippen molar-refractivity contribution >= 4 is 23.3 Å². The van der Waals surface area contributed by atoms with Crippen LogP contribution in [0.15, 0.2) is 35.7 Å². The Kier molecular flexibility index (Phi) is 7.72. The molecule has 1 aromatic heterocycles. The lowest BCUT2D eigenvalue weighted by Crippen LogP contribution is -2.43. The molecule has 0 spiro atoms. The highest BCUT2D eigenvalue weighted by molar-refractivity contribution is 7.09. The Labute approximate surface area is 188 Å².